The SMILES string of the molecule is CC1CC(N)CC(c2[c]c(C(N)=O)ncc2)C1. The number of rotatable bonds is 2. The molecule has 0 spiro atoms. The van der Waals surface area contributed by atoms with E-state index in [2.05, 4.69) is 18.0 Å². The van der Waals surface area contributed by atoms with E-state index < -0.39 is 5.91 Å². The normalized spacial score (nSPS) is 28.9. The Morgan fingerprint density at radius 1 is 1.47 bits per heavy atom. The highest BCUT2D eigenvalue weighted by Crippen LogP contribution is 2.35. The van der Waals surface area contributed by atoms with E-state index in [1.165, 1.54) is 0 Å². The number of hydrogen-bond donors (Lipinski definition) is 2. The lowest BCUT2D eigenvalue weighted by molar-refractivity contribution is 0.0995. The maximum absolute atomic E-state index is 11.1. The third-order valence-electron chi connectivity index (χ3n) is 3.37. The molecule has 1 saturated carbocycles. The van der Waals surface area contributed by atoms with Crippen LogP contribution in [0.15, 0.2) is 12.3 Å². The molecule has 2 rings (SSSR count). The molecular weight excluding hydrogens is 214 g/mol. The summed E-state index contributed by atoms with van der Waals surface area (Å²) < 4.78 is 0. The second kappa shape index (κ2) is 4.84. The number of pyridine rings is 1. The van der Waals surface area contributed by atoms with Crippen molar-refractivity contribution in [3.05, 3.63) is 29.6 Å². The molecule has 1 aliphatic rings. The van der Waals surface area contributed by atoms with Crippen LogP contribution in [0.25, 0.3) is 0 Å². The molecule has 1 aromatic heterocycles. The van der Waals surface area contributed by atoms with Crippen molar-refractivity contribution in [1.29, 1.82) is 0 Å². The standard InChI is InChI=1S/C13H18N3O/c1-8-4-10(6-11(14)5-8)9-2-3-16-12(7-9)13(15)17/h2-3,8,10-11H,4-6,14H2,1H3,(H2,15,17). The second-order valence-electron chi connectivity index (χ2n) is 5.01. The minimum absolute atomic E-state index is 0.217. The van der Waals surface area contributed by atoms with Gasteiger partial charge in [0.15, 0.2) is 0 Å². The summed E-state index contributed by atoms with van der Waals surface area (Å²) >= 11 is 0. The Morgan fingerprint density at radius 3 is 2.88 bits per heavy atom. The van der Waals surface area contributed by atoms with E-state index in [1.807, 2.05) is 6.07 Å². The van der Waals surface area contributed by atoms with Crippen molar-refractivity contribution < 1.29 is 4.79 Å². The number of primary amides is 1. The van der Waals surface area contributed by atoms with Crippen molar-refractivity contribution in [2.24, 2.45) is 17.4 Å². The van der Waals surface area contributed by atoms with Gasteiger partial charge < -0.3 is 11.5 Å². The van der Waals surface area contributed by atoms with Gasteiger partial charge in [0.05, 0.1) is 0 Å². The number of amides is 1. The summed E-state index contributed by atoms with van der Waals surface area (Å²) in [7, 11) is 0. The molecule has 1 heterocycles. The Bertz CT molecular complexity index is 409. The molecule has 1 fully saturated rings. The molecule has 0 bridgehead atoms. The molecule has 4 N–H and O–H groups in total. The number of carbonyl (C=O) groups excluding carboxylic acids is 1. The minimum atomic E-state index is -0.528. The van der Waals surface area contributed by atoms with Crippen LogP contribution >= 0.6 is 0 Å². The highest BCUT2D eigenvalue weighted by molar-refractivity contribution is 5.90. The zero-order valence-electron chi connectivity index (χ0n) is 10.0. The van der Waals surface area contributed by atoms with Crippen LogP contribution in [0.1, 0.15) is 48.2 Å². The van der Waals surface area contributed by atoms with Crippen LogP contribution in [-0.4, -0.2) is 16.9 Å². The predicted octanol–water partition coefficient (Wildman–Crippen LogP) is 1.21. The van der Waals surface area contributed by atoms with Crippen molar-refractivity contribution >= 4 is 5.91 Å². The van der Waals surface area contributed by atoms with Crippen LogP contribution in [0.4, 0.5) is 0 Å². The molecule has 4 nitrogen and oxygen atoms in total. The monoisotopic (exact) mass is 232 g/mol. The van der Waals surface area contributed by atoms with Crippen LogP contribution in [-0.2, 0) is 0 Å². The van der Waals surface area contributed by atoms with Crippen molar-refractivity contribution in [2.45, 2.75) is 38.1 Å². The van der Waals surface area contributed by atoms with Gasteiger partial charge >= 0.3 is 0 Å². The molecule has 17 heavy (non-hydrogen) atoms. The lowest BCUT2D eigenvalue weighted by Crippen LogP contribution is -2.31. The van der Waals surface area contributed by atoms with E-state index in [0.717, 1.165) is 24.8 Å². The van der Waals surface area contributed by atoms with Gasteiger partial charge in [0.1, 0.15) is 5.69 Å². The van der Waals surface area contributed by atoms with Crippen LogP contribution in [0.2, 0.25) is 0 Å². The zero-order valence-corrected chi connectivity index (χ0v) is 10.0. The molecule has 0 aliphatic heterocycles. The van der Waals surface area contributed by atoms with E-state index >= 15 is 0 Å². The van der Waals surface area contributed by atoms with Crippen molar-refractivity contribution in [3.8, 4) is 0 Å². The number of nitrogens with zero attached hydrogens (tertiary/aromatic N) is 1. The molecule has 1 aromatic rings. The van der Waals surface area contributed by atoms with Crippen molar-refractivity contribution in [1.82, 2.24) is 4.98 Å². The molecule has 3 atom stereocenters. The smallest absolute Gasteiger partial charge is 0.267 e. The first-order valence-corrected chi connectivity index (χ1v) is 6.00. The highest BCUT2D eigenvalue weighted by Gasteiger charge is 2.26. The zero-order chi connectivity index (χ0) is 12.4. The lowest BCUT2D eigenvalue weighted by Gasteiger charge is -2.31. The summed E-state index contributed by atoms with van der Waals surface area (Å²) in [5.74, 6) is 0.456. The maximum Gasteiger partial charge on any atom is 0.267 e. The fourth-order valence-electron chi connectivity index (χ4n) is 2.68. The number of hydrogen-bond acceptors (Lipinski definition) is 3. The van der Waals surface area contributed by atoms with Crippen LogP contribution in [0.3, 0.4) is 0 Å². The van der Waals surface area contributed by atoms with E-state index in [4.69, 9.17) is 11.5 Å². The van der Waals surface area contributed by atoms with E-state index in [0.29, 0.717) is 11.8 Å². The first kappa shape index (κ1) is 12.0. The molecular formula is C13H18N3O. The number of aromatic nitrogens is 1. The van der Waals surface area contributed by atoms with Crippen LogP contribution < -0.4 is 11.5 Å². The molecule has 1 amide bonds. The summed E-state index contributed by atoms with van der Waals surface area (Å²) in [6.07, 6.45) is 4.73. The Labute approximate surface area is 101 Å². The molecule has 1 radical (unpaired) electrons. The lowest BCUT2D eigenvalue weighted by atomic mass is 9.76. The van der Waals surface area contributed by atoms with Gasteiger partial charge in [-0.25, -0.2) is 0 Å². The maximum atomic E-state index is 11.1. The Kier molecular flexibility index (Phi) is 3.43. The molecule has 0 aromatic carbocycles. The Hall–Kier alpha value is -1.42. The topological polar surface area (TPSA) is 82.0 Å². The highest BCUT2D eigenvalue weighted by atomic mass is 16.1. The predicted molar refractivity (Wildman–Crippen MR) is 65.3 cm³/mol. The van der Waals surface area contributed by atoms with Gasteiger partial charge in [0.25, 0.3) is 5.91 Å². The van der Waals surface area contributed by atoms with Gasteiger partial charge in [-0.05, 0) is 42.7 Å². The summed E-state index contributed by atoms with van der Waals surface area (Å²) in [6.45, 7) is 2.21. The van der Waals surface area contributed by atoms with Crippen LogP contribution in [0, 0.1) is 12.0 Å². The second-order valence-corrected chi connectivity index (χ2v) is 5.01. The van der Waals surface area contributed by atoms with Gasteiger partial charge in [-0.2, -0.15) is 0 Å². The average molecular weight is 232 g/mol. The van der Waals surface area contributed by atoms with E-state index in [-0.39, 0.29) is 11.7 Å². The third-order valence-corrected chi connectivity index (χ3v) is 3.37. The first-order valence-electron chi connectivity index (χ1n) is 6.00. The summed E-state index contributed by atoms with van der Waals surface area (Å²) in [4.78, 5) is 15.0. The largest absolute Gasteiger partial charge is 0.364 e. The summed E-state index contributed by atoms with van der Waals surface area (Å²) in [5, 5.41) is 0. The van der Waals surface area contributed by atoms with E-state index in [1.54, 1.807) is 6.20 Å². The quantitative estimate of drug-likeness (QED) is 0.804. The Morgan fingerprint density at radius 2 is 2.24 bits per heavy atom. The number of carbonyl (C=O) groups is 1. The molecule has 0 saturated heterocycles. The summed E-state index contributed by atoms with van der Waals surface area (Å²) in [6, 6.07) is 5.16. The molecule has 3 unspecified atom stereocenters. The fourth-order valence-corrected chi connectivity index (χ4v) is 2.68. The minimum Gasteiger partial charge on any atom is -0.364 e. The Balaban J connectivity index is 2.21. The summed E-state index contributed by atoms with van der Waals surface area (Å²) in [5.41, 5.74) is 12.5. The van der Waals surface area contributed by atoms with Gasteiger partial charge in [-0.3, -0.25) is 9.78 Å². The molecule has 4 heteroatoms. The molecule has 1 aliphatic carbocycles. The average Bonchev–Trinajstić information content (AvgIpc) is 2.28. The van der Waals surface area contributed by atoms with Gasteiger partial charge in [-0.15, -0.1) is 0 Å². The third kappa shape index (κ3) is 2.82. The number of nitrogens with two attached hydrogens (primary N) is 2. The fraction of sp³-hybridized carbons (Fsp3) is 0.538. The van der Waals surface area contributed by atoms with Crippen molar-refractivity contribution in [3.63, 3.8) is 0 Å². The van der Waals surface area contributed by atoms with Gasteiger partial charge in [0.2, 0.25) is 0 Å². The van der Waals surface area contributed by atoms with Gasteiger partial charge in [0, 0.05) is 18.3 Å². The molecule has 91 valence electrons. The van der Waals surface area contributed by atoms with Crippen molar-refractivity contribution in [2.75, 3.05) is 0 Å². The first-order chi connectivity index (χ1) is 8.06. The van der Waals surface area contributed by atoms with E-state index in [9.17, 15) is 4.79 Å². The van der Waals surface area contributed by atoms with Gasteiger partial charge in [-0.1, -0.05) is 6.92 Å². The van der Waals surface area contributed by atoms with Crippen LogP contribution in [0.5, 0.6) is 0 Å².